The molecule has 0 saturated carbocycles. The summed E-state index contributed by atoms with van der Waals surface area (Å²) in [6.07, 6.45) is 1.83. The molecular formula is C16H26N2O3. The van der Waals surface area contributed by atoms with Gasteiger partial charge in [0.15, 0.2) is 0 Å². The third kappa shape index (κ3) is 5.91. The number of hydrogen-bond donors (Lipinski definition) is 2. The highest BCUT2D eigenvalue weighted by Crippen LogP contribution is 2.16. The Morgan fingerprint density at radius 2 is 2.38 bits per heavy atom. The fourth-order valence-electron chi connectivity index (χ4n) is 2.68. The van der Waals surface area contributed by atoms with Gasteiger partial charge in [-0.2, -0.15) is 0 Å². The summed E-state index contributed by atoms with van der Waals surface area (Å²) in [6.45, 7) is 3.54. The monoisotopic (exact) mass is 294 g/mol. The maximum Gasteiger partial charge on any atom is 0.121 e. The van der Waals surface area contributed by atoms with Crippen LogP contribution < -0.4 is 10.5 Å². The average molecular weight is 294 g/mol. The minimum Gasteiger partial charge on any atom is -0.491 e. The Labute approximate surface area is 126 Å². The van der Waals surface area contributed by atoms with E-state index in [4.69, 9.17) is 15.2 Å². The SMILES string of the molecule is CN(CC(O)COc1cccc(N)c1)CC1CCCOC1. The first-order valence-electron chi connectivity index (χ1n) is 7.56. The fraction of sp³-hybridized carbons (Fsp3) is 0.625. The van der Waals surface area contributed by atoms with Crippen LogP contribution in [0, 0.1) is 5.92 Å². The molecule has 0 aliphatic carbocycles. The van der Waals surface area contributed by atoms with E-state index >= 15 is 0 Å². The number of ether oxygens (including phenoxy) is 2. The molecular weight excluding hydrogens is 268 g/mol. The van der Waals surface area contributed by atoms with Gasteiger partial charge in [-0.15, -0.1) is 0 Å². The Morgan fingerprint density at radius 3 is 3.10 bits per heavy atom. The van der Waals surface area contributed by atoms with Crippen molar-refractivity contribution >= 4 is 5.69 Å². The number of rotatable bonds is 7. The van der Waals surface area contributed by atoms with Crippen molar-refractivity contribution in [3.05, 3.63) is 24.3 Å². The predicted molar refractivity (Wildman–Crippen MR) is 83.4 cm³/mol. The van der Waals surface area contributed by atoms with Gasteiger partial charge in [-0.05, 0) is 37.9 Å². The van der Waals surface area contributed by atoms with Crippen molar-refractivity contribution in [2.45, 2.75) is 18.9 Å². The van der Waals surface area contributed by atoms with Crippen LogP contribution >= 0.6 is 0 Å². The van der Waals surface area contributed by atoms with Crippen LogP contribution in [0.2, 0.25) is 0 Å². The lowest BCUT2D eigenvalue weighted by Crippen LogP contribution is -2.37. The first kappa shape index (κ1) is 16.1. The second-order valence-electron chi connectivity index (χ2n) is 5.84. The van der Waals surface area contributed by atoms with Crippen LogP contribution in [0.15, 0.2) is 24.3 Å². The molecule has 21 heavy (non-hydrogen) atoms. The van der Waals surface area contributed by atoms with Crippen LogP contribution in [0.1, 0.15) is 12.8 Å². The third-order valence-electron chi connectivity index (χ3n) is 3.65. The third-order valence-corrected chi connectivity index (χ3v) is 3.65. The van der Waals surface area contributed by atoms with Crippen molar-refractivity contribution < 1.29 is 14.6 Å². The normalized spacial score (nSPS) is 20.4. The van der Waals surface area contributed by atoms with Gasteiger partial charge in [0.1, 0.15) is 18.5 Å². The molecule has 1 saturated heterocycles. The lowest BCUT2D eigenvalue weighted by Gasteiger charge is -2.28. The summed E-state index contributed by atoms with van der Waals surface area (Å²) in [7, 11) is 2.03. The molecule has 1 fully saturated rings. The fourth-order valence-corrected chi connectivity index (χ4v) is 2.68. The van der Waals surface area contributed by atoms with Crippen molar-refractivity contribution in [2.75, 3.05) is 45.7 Å². The molecule has 1 aromatic rings. The molecule has 0 bridgehead atoms. The number of hydrogen-bond acceptors (Lipinski definition) is 5. The molecule has 118 valence electrons. The van der Waals surface area contributed by atoms with Gasteiger partial charge in [0, 0.05) is 31.5 Å². The summed E-state index contributed by atoms with van der Waals surface area (Å²) >= 11 is 0. The van der Waals surface area contributed by atoms with Gasteiger partial charge in [0.25, 0.3) is 0 Å². The van der Waals surface area contributed by atoms with Gasteiger partial charge in [-0.25, -0.2) is 0 Å². The summed E-state index contributed by atoms with van der Waals surface area (Å²) < 4.78 is 11.0. The Hall–Kier alpha value is -1.30. The van der Waals surface area contributed by atoms with E-state index in [0.717, 1.165) is 26.2 Å². The van der Waals surface area contributed by atoms with E-state index in [1.54, 1.807) is 6.07 Å². The number of likely N-dealkylation sites (N-methyl/N-ethyl adjacent to an activating group) is 1. The van der Waals surface area contributed by atoms with E-state index in [0.29, 0.717) is 23.9 Å². The molecule has 2 unspecified atom stereocenters. The molecule has 1 aliphatic rings. The van der Waals surface area contributed by atoms with Crippen LogP contribution in [-0.4, -0.2) is 56.1 Å². The molecule has 1 heterocycles. The molecule has 0 amide bonds. The molecule has 5 heteroatoms. The quantitative estimate of drug-likeness (QED) is 0.743. The number of benzene rings is 1. The van der Waals surface area contributed by atoms with Gasteiger partial charge in [0.2, 0.25) is 0 Å². The van der Waals surface area contributed by atoms with Crippen molar-refractivity contribution in [3.8, 4) is 5.75 Å². The van der Waals surface area contributed by atoms with Gasteiger partial charge in [-0.1, -0.05) is 6.07 Å². The van der Waals surface area contributed by atoms with E-state index in [-0.39, 0.29) is 6.61 Å². The summed E-state index contributed by atoms with van der Waals surface area (Å²) in [6, 6.07) is 7.25. The van der Waals surface area contributed by atoms with Crippen LogP contribution in [0.5, 0.6) is 5.75 Å². The smallest absolute Gasteiger partial charge is 0.121 e. The van der Waals surface area contributed by atoms with Crippen LogP contribution in [0.4, 0.5) is 5.69 Å². The van der Waals surface area contributed by atoms with Crippen molar-refractivity contribution in [1.82, 2.24) is 4.90 Å². The Morgan fingerprint density at radius 1 is 1.52 bits per heavy atom. The highest BCUT2D eigenvalue weighted by atomic mass is 16.5. The van der Waals surface area contributed by atoms with Crippen molar-refractivity contribution in [3.63, 3.8) is 0 Å². The lowest BCUT2D eigenvalue weighted by atomic mass is 10.0. The summed E-state index contributed by atoms with van der Waals surface area (Å²) in [5.74, 6) is 1.27. The minimum absolute atomic E-state index is 0.273. The predicted octanol–water partition coefficient (Wildman–Crippen LogP) is 1.37. The average Bonchev–Trinajstić information content (AvgIpc) is 2.46. The molecule has 0 aromatic heterocycles. The molecule has 5 nitrogen and oxygen atoms in total. The largest absolute Gasteiger partial charge is 0.491 e. The Bertz CT molecular complexity index is 422. The highest BCUT2D eigenvalue weighted by Gasteiger charge is 2.17. The second-order valence-corrected chi connectivity index (χ2v) is 5.84. The van der Waals surface area contributed by atoms with E-state index < -0.39 is 6.10 Å². The van der Waals surface area contributed by atoms with Crippen molar-refractivity contribution in [2.24, 2.45) is 5.92 Å². The van der Waals surface area contributed by atoms with Crippen LogP contribution in [0.3, 0.4) is 0 Å². The first-order chi connectivity index (χ1) is 10.1. The van der Waals surface area contributed by atoms with E-state index in [2.05, 4.69) is 4.90 Å². The van der Waals surface area contributed by atoms with Gasteiger partial charge in [0.05, 0.1) is 6.61 Å². The number of anilines is 1. The molecule has 3 N–H and O–H groups in total. The zero-order valence-corrected chi connectivity index (χ0v) is 12.7. The Balaban J connectivity index is 1.67. The number of nitrogens with zero attached hydrogens (tertiary/aromatic N) is 1. The molecule has 1 aromatic carbocycles. The van der Waals surface area contributed by atoms with Crippen molar-refractivity contribution in [1.29, 1.82) is 0 Å². The topological polar surface area (TPSA) is 68.0 Å². The summed E-state index contributed by atoms with van der Waals surface area (Å²) in [5, 5.41) is 10.1. The maximum absolute atomic E-state index is 10.1. The molecule has 2 rings (SSSR count). The minimum atomic E-state index is -0.513. The number of aliphatic hydroxyl groups excluding tert-OH is 1. The van der Waals surface area contributed by atoms with Gasteiger partial charge < -0.3 is 25.2 Å². The number of nitrogen functional groups attached to an aromatic ring is 1. The lowest BCUT2D eigenvalue weighted by molar-refractivity contribution is 0.0282. The Kier molecular flexibility index (Phi) is 6.29. The van der Waals surface area contributed by atoms with E-state index in [1.165, 1.54) is 6.42 Å². The van der Waals surface area contributed by atoms with E-state index in [1.807, 2.05) is 25.2 Å². The molecule has 0 radical (unpaired) electrons. The zero-order chi connectivity index (χ0) is 15.1. The van der Waals surface area contributed by atoms with Gasteiger partial charge in [-0.3, -0.25) is 0 Å². The highest BCUT2D eigenvalue weighted by molar-refractivity contribution is 5.43. The summed E-state index contributed by atoms with van der Waals surface area (Å²) in [5.41, 5.74) is 6.35. The van der Waals surface area contributed by atoms with Crippen LogP contribution in [-0.2, 0) is 4.74 Å². The first-order valence-corrected chi connectivity index (χ1v) is 7.56. The molecule has 0 spiro atoms. The standard InChI is InChI=1S/C16H26N2O3/c1-18(9-13-4-3-7-20-11-13)10-15(19)12-21-16-6-2-5-14(17)8-16/h2,5-6,8,13,15,19H,3-4,7,9-12,17H2,1H3. The maximum atomic E-state index is 10.1. The summed E-state index contributed by atoms with van der Waals surface area (Å²) in [4.78, 5) is 2.15. The zero-order valence-electron chi connectivity index (χ0n) is 12.7. The molecule has 2 atom stereocenters. The van der Waals surface area contributed by atoms with E-state index in [9.17, 15) is 5.11 Å². The van der Waals surface area contributed by atoms with Crippen LogP contribution in [0.25, 0.3) is 0 Å². The van der Waals surface area contributed by atoms with Gasteiger partial charge >= 0.3 is 0 Å². The number of aliphatic hydroxyl groups is 1. The second kappa shape index (κ2) is 8.22. The molecule has 1 aliphatic heterocycles. The number of nitrogens with two attached hydrogens (primary N) is 1.